The van der Waals surface area contributed by atoms with Crippen LogP contribution in [-0.2, 0) is 16.4 Å². The van der Waals surface area contributed by atoms with Gasteiger partial charge in [-0.25, -0.2) is 13.4 Å². The Balaban J connectivity index is 2.13. The van der Waals surface area contributed by atoms with Gasteiger partial charge in [-0.1, -0.05) is 18.5 Å². The van der Waals surface area contributed by atoms with Gasteiger partial charge in [0.2, 0.25) is 0 Å². The zero-order valence-electron chi connectivity index (χ0n) is 10.0. The Morgan fingerprint density at radius 2 is 2.39 bits per heavy atom. The lowest BCUT2D eigenvalue weighted by Gasteiger charge is -2.34. The average molecular weight is 327 g/mol. The molecule has 18 heavy (non-hydrogen) atoms. The summed E-state index contributed by atoms with van der Waals surface area (Å²) in [6, 6.07) is 0. The quantitative estimate of drug-likeness (QED) is 0.848. The predicted molar refractivity (Wildman–Crippen MR) is 78.1 cm³/mol. The molecular weight excluding hydrogens is 312 g/mol. The number of halogens is 1. The summed E-state index contributed by atoms with van der Waals surface area (Å²) in [5.41, 5.74) is 0. The summed E-state index contributed by atoms with van der Waals surface area (Å²) in [5.74, 6) is 1.82. The van der Waals surface area contributed by atoms with E-state index >= 15 is 0 Å². The largest absolute Gasteiger partial charge is 0.281 e. The summed E-state index contributed by atoms with van der Waals surface area (Å²) < 4.78 is 24.6. The van der Waals surface area contributed by atoms with Crippen LogP contribution in [0.1, 0.15) is 11.8 Å². The molecule has 0 N–H and O–H groups in total. The minimum Gasteiger partial charge on any atom is -0.281 e. The van der Waals surface area contributed by atoms with Gasteiger partial charge < -0.3 is 0 Å². The molecule has 0 bridgehead atoms. The number of thiazole rings is 1. The first-order chi connectivity index (χ1) is 8.53. The Bertz CT molecular complexity index is 503. The maximum Gasteiger partial charge on any atom is 0.183 e. The summed E-state index contributed by atoms with van der Waals surface area (Å²) >= 11 is 8.92. The third kappa shape index (κ3) is 3.39. The van der Waals surface area contributed by atoms with E-state index in [1.165, 1.54) is 11.3 Å². The minimum atomic E-state index is -3.03. The fourth-order valence-corrected chi connectivity index (χ4v) is 5.96. The molecule has 0 saturated carbocycles. The molecule has 102 valence electrons. The van der Waals surface area contributed by atoms with Crippen LogP contribution in [0, 0.1) is 0 Å². The molecular formula is C10H15ClN2O2S3. The summed E-state index contributed by atoms with van der Waals surface area (Å²) in [6.07, 6.45) is 1.73. The summed E-state index contributed by atoms with van der Waals surface area (Å²) in [7, 11) is -3.03. The number of hydrogen-bond acceptors (Lipinski definition) is 6. The lowest BCUT2D eigenvalue weighted by Crippen LogP contribution is -2.47. The summed E-state index contributed by atoms with van der Waals surface area (Å²) in [4.78, 5) is 7.04. The van der Waals surface area contributed by atoms with E-state index in [9.17, 15) is 8.42 Å². The third-order valence-electron chi connectivity index (χ3n) is 2.89. The first-order valence-electron chi connectivity index (χ1n) is 5.66. The van der Waals surface area contributed by atoms with Crippen LogP contribution in [0.4, 0.5) is 0 Å². The topological polar surface area (TPSA) is 50.3 Å². The number of rotatable bonds is 4. The van der Waals surface area contributed by atoms with Gasteiger partial charge in [-0.15, -0.1) is 11.3 Å². The van der Waals surface area contributed by atoms with E-state index in [2.05, 4.69) is 4.98 Å². The highest BCUT2D eigenvalue weighted by atomic mass is 35.5. The van der Waals surface area contributed by atoms with Gasteiger partial charge in [-0.05, 0) is 0 Å². The van der Waals surface area contributed by atoms with Gasteiger partial charge in [0.05, 0.1) is 0 Å². The normalized spacial score (nSPS) is 22.2. The lowest BCUT2D eigenvalue weighted by molar-refractivity contribution is 0.264. The first kappa shape index (κ1) is 14.6. The molecule has 1 atom stereocenters. The fraction of sp³-hybridized carbons (Fsp3) is 0.700. The number of hydrogen-bond donors (Lipinski definition) is 0. The average Bonchev–Trinajstić information content (AvgIpc) is 2.75. The van der Waals surface area contributed by atoms with E-state index in [0.717, 1.165) is 17.2 Å². The molecule has 0 aliphatic carbocycles. The van der Waals surface area contributed by atoms with Crippen LogP contribution in [0.15, 0.2) is 6.20 Å². The van der Waals surface area contributed by atoms with E-state index in [1.54, 1.807) is 24.9 Å². The second-order valence-corrected chi connectivity index (χ2v) is 9.33. The molecule has 1 unspecified atom stereocenters. The van der Waals surface area contributed by atoms with Crippen molar-refractivity contribution in [1.29, 1.82) is 0 Å². The van der Waals surface area contributed by atoms with Gasteiger partial charge in [0.1, 0.15) is 5.37 Å². The fourth-order valence-electron chi connectivity index (χ4n) is 1.88. The van der Waals surface area contributed by atoms with Crippen molar-refractivity contribution in [1.82, 2.24) is 9.88 Å². The molecule has 1 aliphatic heterocycles. The molecule has 1 fully saturated rings. The molecule has 1 aromatic heterocycles. The standard InChI is InChI=1S/C10H15ClN2O2S3/c1-2-18(14,15)9-7-16-4-3-13(9)6-8-5-12-10(11)17-8/h5,9H,2-4,6-7H2,1H3. The van der Waals surface area contributed by atoms with E-state index < -0.39 is 9.84 Å². The number of thioether (sulfide) groups is 1. The molecule has 1 saturated heterocycles. The van der Waals surface area contributed by atoms with E-state index in [0.29, 0.717) is 16.8 Å². The molecule has 0 spiro atoms. The van der Waals surface area contributed by atoms with Crippen LogP contribution in [0.2, 0.25) is 4.47 Å². The summed E-state index contributed by atoms with van der Waals surface area (Å²) in [6.45, 7) is 3.12. The van der Waals surface area contributed by atoms with E-state index in [4.69, 9.17) is 11.6 Å². The van der Waals surface area contributed by atoms with Crippen molar-refractivity contribution in [3.8, 4) is 0 Å². The molecule has 0 amide bonds. The Morgan fingerprint density at radius 3 is 3.00 bits per heavy atom. The highest BCUT2D eigenvalue weighted by Crippen LogP contribution is 2.26. The van der Waals surface area contributed by atoms with Crippen LogP contribution < -0.4 is 0 Å². The molecule has 2 heterocycles. The van der Waals surface area contributed by atoms with Crippen LogP contribution in [0.3, 0.4) is 0 Å². The van der Waals surface area contributed by atoms with Crippen molar-refractivity contribution in [3.63, 3.8) is 0 Å². The van der Waals surface area contributed by atoms with Gasteiger partial charge in [-0.2, -0.15) is 11.8 Å². The minimum absolute atomic E-state index is 0.193. The Labute approximate surface area is 121 Å². The van der Waals surface area contributed by atoms with Crippen LogP contribution in [-0.4, -0.2) is 47.5 Å². The molecule has 2 rings (SSSR count). The Morgan fingerprint density at radius 1 is 1.61 bits per heavy atom. The Hall–Kier alpha value is 0.180. The molecule has 0 radical (unpaired) electrons. The van der Waals surface area contributed by atoms with Gasteiger partial charge in [0.25, 0.3) is 0 Å². The van der Waals surface area contributed by atoms with Gasteiger partial charge in [-0.3, -0.25) is 4.90 Å². The van der Waals surface area contributed by atoms with Crippen molar-refractivity contribution < 1.29 is 8.42 Å². The molecule has 0 aromatic carbocycles. The molecule has 4 nitrogen and oxygen atoms in total. The zero-order valence-corrected chi connectivity index (χ0v) is 13.2. The zero-order chi connectivity index (χ0) is 13.2. The third-order valence-corrected chi connectivity index (χ3v) is 7.32. The van der Waals surface area contributed by atoms with Crippen molar-refractivity contribution in [2.45, 2.75) is 18.8 Å². The predicted octanol–water partition coefficient (Wildman–Crippen LogP) is 2.11. The van der Waals surface area contributed by atoms with Gasteiger partial charge >= 0.3 is 0 Å². The van der Waals surface area contributed by atoms with Crippen LogP contribution in [0.5, 0.6) is 0 Å². The van der Waals surface area contributed by atoms with Crippen molar-refractivity contribution in [2.24, 2.45) is 0 Å². The SMILES string of the molecule is CCS(=O)(=O)C1CSCCN1Cc1cnc(Cl)s1. The van der Waals surface area contributed by atoms with Crippen molar-refractivity contribution in [3.05, 3.63) is 15.5 Å². The second-order valence-electron chi connectivity index (χ2n) is 4.03. The molecule has 1 aliphatic rings. The van der Waals surface area contributed by atoms with Crippen LogP contribution in [0.25, 0.3) is 0 Å². The van der Waals surface area contributed by atoms with E-state index in [-0.39, 0.29) is 11.1 Å². The second kappa shape index (κ2) is 6.09. The van der Waals surface area contributed by atoms with Gasteiger partial charge in [0.15, 0.2) is 14.3 Å². The highest BCUT2D eigenvalue weighted by molar-refractivity contribution is 8.01. The maximum atomic E-state index is 12.1. The van der Waals surface area contributed by atoms with Crippen molar-refractivity contribution >= 4 is 44.5 Å². The lowest BCUT2D eigenvalue weighted by atomic mass is 10.4. The number of nitrogens with zero attached hydrogens (tertiary/aromatic N) is 2. The molecule has 1 aromatic rings. The van der Waals surface area contributed by atoms with E-state index in [1.807, 2.05) is 4.90 Å². The molecule has 8 heteroatoms. The van der Waals surface area contributed by atoms with Gasteiger partial charge in [0, 0.05) is 41.4 Å². The maximum absolute atomic E-state index is 12.1. The monoisotopic (exact) mass is 326 g/mol. The smallest absolute Gasteiger partial charge is 0.183 e. The first-order valence-corrected chi connectivity index (χ1v) is 9.73. The summed E-state index contributed by atoms with van der Waals surface area (Å²) in [5, 5.41) is -0.373. The van der Waals surface area contributed by atoms with Crippen LogP contribution >= 0.6 is 34.7 Å². The van der Waals surface area contributed by atoms with Crippen molar-refractivity contribution in [2.75, 3.05) is 23.8 Å². The number of sulfone groups is 1. The Kier molecular flexibility index (Phi) is 4.93. The number of aromatic nitrogens is 1. The highest BCUT2D eigenvalue weighted by Gasteiger charge is 2.32.